The summed E-state index contributed by atoms with van der Waals surface area (Å²) in [7, 11) is 0. The third kappa shape index (κ3) is 2.59. The Bertz CT molecular complexity index is 1150. The fraction of sp³-hybridized carbons (Fsp3) is 0.600. The zero-order valence-electron chi connectivity index (χ0n) is 19.0. The minimum atomic E-state index is -1.22. The largest absolute Gasteiger partial charge is 0.457 e. The number of rotatable bonds is 2. The van der Waals surface area contributed by atoms with E-state index in [-0.39, 0.29) is 17.7 Å². The molecule has 6 rings (SSSR count). The van der Waals surface area contributed by atoms with Gasteiger partial charge >= 0.3 is 17.4 Å². The number of amides is 2. The van der Waals surface area contributed by atoms with E-state index in [2.05, 4.69) is 40.9 Å². The second-order valence-corrected chi connectivity index (χ2v) is 10.5. The summed E-state index contributed by atoms with van der Waals surface area (Å²) in [5.41, 5.74) is 0.825. The van der Waals surface area contributed by atoms with Gasteiger partial charge < -0.3 is 10.0 Å². The fourth-order valence-electron chi connectivity index (χ4n) is 5.59. The highest BCUT2D eigenvalue weighted by atomic mass is 16.3. The van der Waals surface area contributed by atoms with Gasteiger partial charge in [-0.2, -0.15) is 0 Å². The van der Waals surface area contributed by atoms with Crippen LogP contribution in [0.4, 0.5) is 0 Å². The summed E-state index contributed by atoms with van der Waals surface area (Å²) in [4.78, 5) is 30.2. The van der Waals surface area contributed by atoms with Crippen molar-refractivity contribution in [2.24, 2.45) is 11.8 Å². The Hall–Kier alpha value is -2.72. The van der Waals surface area contributed by atoms with Crippen LogP contribution >= 0.6 is 0 Å². The predicted octanol–water partition coefficient (Wildman–Crippen LogP) is 1.03. The normalized spacial score (nSPS) is 30.0. The van der Waals surface area contributed by atoms with E-state index >= 15 is 0 Å². The maximum atomic E-state index is 13.4. The van der Waals surface area contributed by atoms with Gasteiger partial charge in [0.1, 0.15) is 17.7 Å². The van der Waals surface area contributed by atoms with Gasteiger partial charge in [-0.25, -0.2) is 0 Å². The number of hydrogen-bond acceptors (Lipinski definition) is 3. The van der Waals surface area contributed by atoms with Crippen molar-refractivity contribution in [1.82, 2.24) is 9.80 Å². The van der Waals surface area contributed by atoms with Crippen LogP contribution in [-0.2, 0) is 9.59 Å². The molecule has 166 valence electrons. The Labute approximate surface area is 188 Å². The van der Waals surface area contributed by atoms with Gasteiger partial charge in [0.15, 0.2) is 0 Å². The van der Waals surface area contributed by atoms with E-state index in [0.717, 1.165) is 23.5 Å². The first-order valence-electron chi connectivity index (χ1n) is 11.9. The molecule has 2 aliphatic carbocycles. The lowest BCUT2D eigenvalue weighted by molar-refractivity contribution is -0.672. The van der Waals surface area contributed by atoms with E-state index < -0.39 is 11.3 Å². The number of allylic oxidation sites excluding steroid dienone is 3. The number of carbonyl (C=O) groups is 2. The van der Waals surface area contributed by atoms with Crippen molar-refractivity contribution >= 4 is 23.7 Å². The van der Waals surface area contributed by atoms with Crippen molar-refractivity contribution in [3.63, 3.8) is 0 Å². The molecule has 0 spiro atoms. The monoisotopic (exact) mass is 434 g/mol. The highest BCUT2D eigenvalue weighted by Crippen LogP contribution is 2.41. The zero-order valence-corrected chi connectivity index (χ0v) is 19.0. The van der Waals surface area contributed by atoms with Crippen LogP contribution in [0.5, 0.6) is 0 Å². The van der Waals surface area contributed by atoms with Crippen molar-refractivity contribution in [2.75, 3.05) is 19.6 Å². The lowest BCUT2D eigenvalue weighted by Gasteiger charge is -2.45. The van der Waals surface area contributed by atoms with Crippen LogP contribution in [0.2, 0.25) is 0 Å². The topological polar surface area (TPSA) is 66.9 Å². The van der Waals surface area contributed by atoms with E-state index in [4.69, 9.17) is 0 Å². The summed E-state index contributed by atoms with van der Waals surface area (Å²) in [6.07, 6.45) is 8.36. The molecule has 1 N–H and O–H groups in total. The highest BCUT2D eigenvalue weighted by molar-refractivity contribution is 6.59. The van der Waals surface area contributed by atoms with Crippen LogP contribution in [0.1, 0.15) is 52.9 Å². The van der Waals surface area contributed by atoms with Gasteiger partial charge in [-0.15, -0.1) is 0 Å². The molecule has 0 radical (unpaired) electrons. The summed E-state index contributed by atoms with van der Waals surface area (Å²) in [5.74, 6) is 8.28. The Kier molecular flexibility index (Phi) is 3.99. The Balaban J connectivity index is 1.38. The quantitative estimate of drug-likeness (QED) is 0.522. The number of carbonyl (C=O) groups excluding carboxylic acids is 2. The zero-order chi connectivity index (χ0) is 22.4. The first-order chi connectivity index (χ1) is 15.2. The summed E-state index contributed by atoms with van der Waals surface area (Å²) < 4.78 is 4.19. The van der Waals surface area contributed by atoms with Crippen molar-refractivity contribution in [3.8, 4) is 11.8 Å². The molecule has 4 aliphatic heterocycles. The van der Waals surface area contributed by atoms with Gasteiger partial charge in [0.2, 0.25) is 0 Å². The lowest BCUT2D eigenvalue weighted by atomic mass is 9.79. The first kappa shape index (κ1) is 19.9. The summed E-state index contributed by atoms with van der Waals surface area (Å²) in [6, 6.07) is 0. The molecule has 2 saturated carbocycles. The Morgan fingerprint density at radius 2 is 2.03 bits per heavy atom. The van der Waals surface area contributed by atoms with Crippen molar-refractivity contribution in [2.45, 2.75) is 64.1 Å². The minimum absolute atomic E-state index is 0.00135. The molecule has 6 aliphatic rings. The molecular formula is C25H30N4O3+2. The third-order valence-corrected chi connectivity index (χ3v) is 7.82. The molecule has 4 heterocycles. The van der Waals surface area contributed by atoms with Gasteiger partial charge in [0.25, 0.3) is 23.5 Å². The van der Waals surface area contributed by atoms with Gasteiger partial charge in [0.05, 0.1) is 0 Å². The Morgan fingerprint density at radius 1 is 1.28 bits per heavy atom. The third-order valence-electron chi connectivity index (χ3n) is 7.82. The van der Waals surface area contributed by atoms with Gasteiger partial charge in [-0.05, 0) is 38.0 Å². The van der Waals surface area contributed by atoms with E-state index in [0.29, 0.717) is 44.1 Å². The molecule has 0 aromatic carbocycles. The van der Waals surface area contributed by atoms with Gasteiger partial charge in [-0.3, -0.25) is 14.5 Å². The predicted molar refractivity (Wildman–Crippen MR) is 118 cm³/mol. The van der Waals surface area contributed by atoms with Gasteiger partial charge in [0, 0.05) is 37.9 Å². The maximum absolute atomic E-state index is 13.4. The van der Waals surface area contributed by atoms with Crippen LogP contribution in [0.15, 0.2) is 23.2 Å². The van der Waals surface area contributed by atoms with Crippen LogP contribution in [-0.4, -0.2) is 78.7 Å². The van der Waals surface area contributed by atoms with Crippen LogP contribution in [0.25, 0.3) is 0 Å². The number of hydrogen-bond donors (Lipinski definition) is 1. The summed E-state index contributed by atoms with van der Waals surface area (Å²) >= 11 is 0. The second-order valence-electron chi connectivity index (χ2n) is 10.5. The summed E-state index contributed by atoms with van der Waals surface area (Å²) in [6.45, 7) is 7.66. The number of piperazine rings is 1. The second kappa shape index (κ2) is 6.41. The minimum Gasteiger partial charge on any atom is -0.380 e. The highest BCUT2D eigenvalue weighted by Gasteiger charge is 2.68. The molecule has 0 bridgehead atoms. The molecule has 7 nitrogen and oxygen atoms in total. The lowest BCUT2D eigenvalue weighted by Crippen LogP contribution is -2.67. The number of nitrogens with zero attached hydrogens (tertiary/aromatic N) is 4. The average molecular weight is 435 g/mol. The molecular weight excluding hydrogens is 404 g/mol. The molecule has 0 aromatic heterocycles. The molecule has 1 saturated heterocycles. The summed E-state index contributed by atoms with van der Waals surface area (Å²) in [5, 5.41) is 10.7. The average Bonchev–Trinajstić information content (AvgIpc) is 3.31. The molecule has 1 unspecified atom stereocenters. The van der Waals surface area contributed by atoms with Crippen LogP contribution < -0.4 is 0 Å². The fourth-order valence-corrected chi connectivity index (χ4v) is 5.59. The SMILES string of the molecule is CC(C)C1=C2[N+](=CC3=[N+]2C2(C)CN(C(=O)C4(O)CCC4)CCN2C3=O)C(C#CC2CC2)=C1. The number of aliphatic hydroxyl groups is 1. The molecule has 7 heteroatoms. The van der Waals surface area contributed by atoms with E-state index in [1.165, 1.54) is 12.8 Å². The molecule has 1 atom stereocenters. The maximum Gasteiger partial charge on any atom is 0.457 e. The molecule has 32 heavy (non-hydrogen) atoms. The van der Waals surface area contributed by atoms with Crippen molar-refractivity contribution in [1.29, 1.82) is 0 Å². The Morgan fingerprint density at radius 3 is 2.66 bits per heavy atom. The number of fused-ring (bicyclic) bond motifs is 4. The van der Waals surface area contributed by atoms with E-state index in [1.54, 1.807) is 4.90 Å². The standard InChI is InChI=1S/C25H30N4O3/c1-16(2)19-13-18(8-7-17-5-6-17)27-14-20-22(30)28-12-11-26(23(31)25(32)9-4-10-25)15-24(28,3)29(20)21(19)27/h13-14,16-17,32H,4-6,9-12,15H2,1-3H3/q+2. The van der Waals surface area contributed by atoms with Crippen molar-refractivity contribution in [3.05, 3.63) is 23.2 Å². The smallest absolute Gasteiger partial charge is 0.380 e. The molecule has 0 aromatic rings. The molecule has 3 fully saturated rings. The van der Waals surface area contributed by atoms with E-state index in [9.17, 15) is 14.7 Å². The van der Waals surface area contributed by atoms with E-state index in [1.807, 2.05) is 18.0 Å². The molecule has 2 amide bonds. The van der Waals surface area contributed by atoms with Crippen molar-refractivity contribution < 1.29 is 23.8 Å². The van der Waals surface area contributed by atoms with Crippen LogP contribution in [0, 0.1) is 23.7 Å². The van der Waals surface area contributed by atoms with Crippen LogP contribution in [0.3, 0.4) is 0 Å². The van der Waals surface area contributed by atoms with Gasteiger partial charge in [-0.1, -0.05) is 28.9 Å². The first-order valence-corrected chi connectivity index (χ1v) is 11.9.